The van der Waals surface area contributed by atoms with Crippen molar-refractivity contribution >= 4 is 28.4 Å². The summed E-state index contributed by atoms with van der Waals surface area (Å²) in [6, 6.07) is 9.34. The van der Waals surface area contributed by atoms with Crippen LogP contribution in [0.1, 0.15) is 27.2 Å². The normalized spacial score (nSPS) is 18.8. The molecule has 3 N–H and O–H groups in total. The second kappa shape index (κ2) is 8.33. The molecule has 9 heteroatoms. The molecule has 3 aromatic rings. The largest absolute Gasteiger partial charge is 0.451 e. The summed E-state index contributed by atoms with van der Waals surface area (Å²) in [5.74, 6) is -3.75. The fourth-order valence-corrected chi connectivity index (χ4v) is 3.75. The smallest absolute Gasteiger partial charge is 0.291 e. The molecule has 0 aliphatic carbocycles. The van der Waals surface area contributed by atoms with Crippen LogP contribution in [0.4, 0.5) is 14.5 Å². The minimum atomic E-state index is -2.47. The highest BCUT2D eigenvalue weighted by Gasteiger charge is 2.38. The van der Waals surface area contributed by atoms with Gasteiger partial charge in [0.1, 0.15) is 30.4 Å². The lowest BCUT2D eigenvalue weighted by atomic mass is 10.0. The molecule has 0 spiro atoms. The lowest BCUT2D eigenvalue weighted by Gasteiger charge is -2.26. The maximum absolute atomic E-state index is 15.2. The van der Waals surface area contributed by atoms with Crippen LogP contribution in [-0.2, 0) is 17.1 Å². The highest BCUT2D eigenvalue weighted by Crippen LogP contribution is 2.34. The maximum Gasteiger partial charge on any atom is 0.291 e. The number of ether oxygens (including phenoxy) is 1. The molecule has 0 bridgehead atoms. The molecule has 1 atom stereocenters. The Morgan fingerprint density at radius 1 is 1.28 bits per heavy atom. The summed E-state index contributed by atoms with van der Waals surface area (Å²) in [4.78, 5) is 18.7. The lowest BCUT2D eigenvalue weighted by molar-refractivity contribution is 0.0170. The number of rotatable bonds is 5. The summed E-state index contributed by atoms with van der Waals surface area (Å²) in [7, 11) is 3.95. The Balaban J connectivity index is 1.63. The number of carbonyl (C=O) groups excluding carboxylic acids is 1. The second-order valence-electron chi connectivity index (χ2n) is 8.13. The van der Waals surface area contributed by atoms with Crippen LogP contribution in [-0.4, -0.2) is 44.0 Å². The molecule has 0 radical (unpaired) electrons. The summed E-state index contributed by atoms with van der Waals surface area (Å²) >= 11 is 0. The van der Waals surface area contributed by atoms with Crippen LogP contribution in [0.25, 0.3) is 11.0 Å². The average Bonchev–Trinajstić information content (AvgIpc) is 3.05. The predicted octanol–water partition coefficient (Wildman–Crippen LogP) is 3.70. The number of nitrogens with one attached hydrogen (secondary N) is 1. The molecule has 1 aliphatic rings. The van der Waals surface area contributed by atoms with Gasteiger partial charge in [-0.25, -0.2) is 13.8 Å². The Kier molecular flexibility index (Phi) is 5.70. The van der Waals surface area contributed by atoms with Crippen LogP contribution in [0.15, 0.2) is 45.8 Å². The van der Waals surface area contributed by atoms with Gasteiger partial charge in [-0.3, -0.25) is 4.79 Å². The van der Waals surface area contributed by atoms with E-state index in [0.717, 1.165) is 23.6 Å². The van der Waals surface area contributed by atoms with E-state index in [1.807, 2.05) is 37.2 Å². The summed E-state index contributed by atoms with van der Waals surface area (Å²) in [5, 5.41) is 3.48. The third kappa shape index (κ3) is 4.21. The topological polar surface area (TPSA) is 93.1 Å². The van der Waals surface area contributed by atoms with Gasteiger partial charge in [-0.15, -0.1) is 0 Å². The van der Waals surface area contributed by atoms with E-state index in [1.165, 1.54) is 12.1 Å². The molecule has 168 valence electrons. The number of nitrogens with zero attached hydrogens (tertiary/aromatic N) is 2. The standard InChI is InChI=1S/C23H24F2N4O3/c1-13-16-8-14(10-29(2)3)4-7-19(16)32-21(13)22(30)27-15-5-6-18(24)17(9-15)23(25)12-31-11-20(26)28-23/h4-9H,10-12H2,1-3H3,(H2,26,28)(H,27,30)/t23-/m0/s1. The number of aliphatic imine (C=N–C) groups is 1. The zero-order chi connectivity index (χ0) is 23.0. The van der Waals surface area contributed by atoms with Gasteiger partial charge in [0, 0.05) is 23.2 Å². The van der Waals surface area contributed by atoms with Gasteiger partial charge in [0.15, 0.2) is 5.76 Å². The van der Waals surface area contributed by atoms with Crippen molar-refractivity contribution in [3.63, 3.8) is 0 Å². The second-order valence-corrected chi connectivity index (χ2v) is 8.13. The maximum atomic E-state index is 15.2. The number of alkyl halides is 1. The SMILES string of the molecule is Cc1c(C(=O)Nc2ccc(F)c([C@]3(F)COCC(N)=N3)c2)oc2ccc(CN(C)C)cc12. The number of nitrogens with two attached hydrogens (primary N) is 1. The number of anilines is 1. The monoisotopic (exact) mass is 442 g/mol. The van der Waals surface area contributed by atoms with Crippen LogP contribution >= 0.6 is 0 Å². The Bertz CT molecular complexity index is 1220. The van der Waals surface area contributed by atoms with Gasteiger partial charge in [0.25, 0.3) is 11.7 Å². The fourth-order valence-electron chi connectivity index (χ4n) is 3.75. The van der Waals surface area contributed by atoms with Gasteiger partial charge in [0.05, 0.1) is 5.56 Å². The van der Waals surface area contributed by atoms with Crippen LogP contribution in [0.5, 0.6) is 0 Å². The lowest BCUT2D eigenvalue weighted by Crippen LogP contribution is -2.37. The zero-order valence-corrected chi connectivity index (χ0v) is 18.0. The Hall–Kier alpha value is -3.30. The van der Waals surface area contributed by atoms with E-state index in [0.29, 0.717) is 11.1 Å². The predicted molar refractivity (Wildman–Crippen MR) is 118 cm³/mol. The zero-order valence-electron chi connectivity index (χ0n) is 18.0. The molecule has 1 amide bonds. The van der Waals surface area contributed by atoms with E-state index >= 15 is 4.39 Å². The minimum Gasteiger partial charge on any atom is -0.451 e. The van der Waals surface area contributed by atoms with E-state index in [1.54, 1.807) is 6.92 Å². The van der Waals surface area contributed by atoms with Crippen LogP contribution < -0.4 is 11.1 Å². The van der Waals surface area contributed by atoms with Crippen molar-refractivity contribution in [1.82, 2.24) is 4.90 Å². The summed E-state index contributed by atoms with van der Waals surface area (Å²) < 4.78 is 40.4. The fraction of sp³-hybridized carbons (Fsp3) is 0.304. The Morgan fingerprint density at radius 2 is 2.06 bits per heavy atom. The van der Waals surface area contributed by atoms with Crippen LogP contribution in [0.3, 0.4) is 0 Å². The molecule has 4 rings (SSSR count). The molecule has 1 aromatic heterocycles. The Morgan fingerprint density at radius 3 is 2.78 bits per heavy atom. The van der Waals surface area contributed by atoms with Gasteiger partial charge in [-0.2, -0.15) is 0 Å². The first-order valence-electron chi connectivity index (χ1n) is 10.1. The molecule has 0 saturated carbocycles. The van der Waals surface area contributed by atoms with Gasteiger partial charge in [-0.1, -0.05) is 6.07 Å². The van der Waals surface area contributed by atoms with Crippen LogP contribution in [0, 0.1) is 12.7 Å². The van der Waals surface area contributed by atoms with Gasteiger partial charge < -0.3 is 25.1 Å². The van der Waals surface area contributed by atoms with E-state index in [4.69, 9.17) is 14.9 Å². The molecule has 0 fully saturated rings. The van der Waals surface area contributed by atoms with Crippen molar-refractivity contribution in [3.8, 4) is 0 Å². The van der Waals surface area contributed by atoms with Crippen molar-refractivity contribution in [3.05, 3.63) is 64.7 Å². The molecule has 1 aliphatic heterocycles. The first kappa shape index (κ1) is 21.9. The van der Waals surface area contributed by atoms with Crippen molar-refractivity contribution in [2.24, 2.45) is 10.7 Å². The van der Waals surface area contributed by atoms with Crippen molar-refractivity contribution in [2.75, 3.05) is 32.6 Å². The molecule has 2 heterocycles. The molecule has 32 heavy (non-hydrogen) atoms. The molecular formula is C23H24F2N4O3. The first-order valence-corrected chi connectivity index (χ1v) is 10.1. The number of carbonyl (C=O) groups is 1. The minimum absolute atomic E-state index is 0.0225. The molecule has 7 nitrogen and oxygen atoms in total. The first-order chi connectivity index (χ1) is 15.2. The highest BCUT2D eigenvalue weighted by atomic mass is 19.2. The Labute approximate surface area is 183 Å². The quantitative estimate of drug-likeness (QED) is 0.588. The summed E-state index contributed by atoms with van der Waals surface area (Å²) in [6.45, 7) is 2.05. The van der Waals surface area contributed by atoms with Crippen molar-refractivity contribution in [1.29, 1.82) is 0 Å². The molecular weight excluding hydrogens is 418 g/mol. The van der Waals surface area contributed by atoms with E-state index in [9.17, 15) is 9.18 Å². The number of amidine groups is 1. The number of furan rings is 1. The third-order valence-electron chi connectivity index (χ3n) is 5.21. The summed E-state index contributed by atoms with van der Waals surface area (Å²) in [5.41, 5.74) is 7.74. The molecule has 2 aromatic carbocycles. The van der Waals surface area contributed by atoms with Gasteiger partial charge >= 0.3 is 0 Å². The van der Waals surface area contributed by atoms with E-state index < -0.39 is 24.1 Å². The van der Waals surface area contributed by atoms with E-state index in [2.05, 4.69) is 10.3 Å². The number of benzene rings is 2. The number of hydrogen-bond donors (Lipinski definition) is 2. The van der Waals surface area contributed by atoms with Gasteiger partial charge in [0.2, 0.25) is 0 Å². The highest BCUT2D eigenvalue weighted by molar-refractivity contribution is 6.06. The number of hydrogen-bond acceptors (Lipinski definition) is 6. The average molecular weight is 442 g/mol. The summed E-state index contributed by atoms with van der Waals surface area (Å²) in [6.07, 6.45) is 0. The molecule has 0 saturated heterocycles. The molecule has 0 unspecified atom stereocenters. The van der Waals surface area contributed by atoms with Gasteiger partial charge in [-0.05, 0) is 56.9 Å². The van der Waals surface area contributed by atoms with Crippen LogP contribution in [0.2, 0.25) is 0 Å². The van der Waals surface area contributed by atoms with Crippen molar-refractivity contribution < 1.29 is 22.7 Å². The third-order valence-corrected chi connectivity index (χ3v) is 5.21. The van der Waals surface area contributed by atoms with Crippen molar-refractivity contribution in [2.45, 2.75) is 19.3 Å². The van der Waals surface area contributed by atoms with E-state index in [-0.39, 0.29) is 29.5 Å². The number of amides is 1. The number of fused-ring (bicyclic) bond motifs is 1. The number of halogens is 2. The number of aryl methyl sites for hydroxylation is 1.